The number of β-amino-alcohol motifs (C(OH)–C–C–N with tert-alkyl or cyclic N) is 1. The lowest BCUT2D eigenvalue weighted by atomic mass is 9.88. The first-order valence-electron chi connectivity index (χ1n) is 12.6. The van der Waals surface area contributed by atoms with E-state index in [2.05, 4.69) is 39.9 Å². The van der Waals surface area contributed by atoms with Gasteiger partial charge in [0.25, 0.3) is 0 Å². The van der Waals surface area contributed by atoms with Gasteiger partial charge in [-0.3, -0.25) is 4.90 Å². The number of piperidine rings is 2. The second-order valence-corrected chi connectivity index (χ2v) is 10.4. The van der Waals surface area contributed by atoms with Gasteiger partial charge in [0.15, 0.2) is 0 Å². The van der Waals surface area contributed by atoms with Crippen LogP contribution < -0.4 is 10.1 Å². The number of methoxy groups -OCH3 is 1. The van der Waals surface area contributed by atoms with Crippen LogP contribution in [0.25, 0.3) is 0 Å². The van der Waals surface area contributed by atoms with Crippen molar-refractivity contribution in [3.8, 4) is 5.75 Å². The number of ether oxygens (including phenoxy) is 1. The van der Waals surface area contributed by atoms with Crippen LogP contribution >= 0.6 is 12.6 Å². The predicted octanol–water partition coefficient (Wildman–Crippen LogP) is 5.29. The zero-order valence-electron chi connectivity index (χ0n) is 20.6. The molecule has 36 heavy (non-hydrogen) atoms. The molecule has 2 aliphatic rings. The minimum atomic E-state index is -4.37. The van der Waals surface area contributed by atoms with E-state index in [9.17, 15) is 18.3 Å². The molecule has 2 N–H and O–H groups in total. The normalized spacial score (nSPS) is 20.7. The molecule has 0 aliphatic carbocycles. The summed E-state index contributed by atoms with van der Waals surface area (Å²) in [6.07, 6.45) is -0.904. The lowest BCUT2D eigenvalue weighted by molar-refractivity contribution is -0.137. The lowest BCUT2D eigenvalue weighted by Gasteiger charge is -2.39. The van der Waals surface area contributed by atoms with Crippen molar-refractivity contribution in [2.45, 2.75) is 49.4 Å². The van der Waals surface area contributed by atoms with Crippen LogP contribution in [0.2, 0.25) is 0 Å². The third kappa shape index (κ3) is 7.09. The minimum Gasteiger partial charge on any atom is -0.497 e. The van der Waals surface area contributed by atoms with Crippen LogP contribution in [0.15, 0.2) is 48.5 Å². The highest BCUT2D eigenvalue weighted by Gasteiger charge is 2.32. The van der Waals surface area contributed by atoms with Crippen molar-refractivity contribution >= 4 is 18.3 Å². The van der Waals surface area contributed by atoms with Crippen molar-refractivity contribution in [3.63, 3.8) is 0 Å². The smallest absolute Gasteiger partial charge is 0.416 e. The molecule has 0 spiro atoms. The van der Waals surface area contributed by atoms with Gasteiger partial charge >= 0.3 is 6.18 Å². The van der Waals surface area contributed by atoms with E-state index in [1.165, 1.54) is 11.6 Å². The van der Waals surface area contributed by atoms with Crippen LogP contribution in [-0.2, 0) is 6.18 Å². The van der Waals surface area contributed by atoms with E-state index in [1.807, 2.05) is 12.1 Å². The Morgan fingerprint density at radius 3 is 2.31 bits per heavy atom. The van der Waals surface area contributed by atoms with E-state index in [-0.39, 0.29) is 17.5 Å². The molecule has 0 saturated carbocycles. The van der Waals surface area contributed by atoms with Crippen LogP contribution in [-0.4, -0.2) is 66.3 Å². The van der Waals surface area contributed by atoms with Crippen molar-refractivity contribution < 1.29 is 23.0 Å². The molecular weight excluding hydrogens is 487 g/mol. The number of hydrogen-bond acceptors (Lipinski definition) is 6. The maximum atomic E-state index is 13.0. The number of alkyl halides is 3. The highest BCUT2D eigenvalue weighted by Crippen LogP contribution is 2.32. The number of anilines is 1. The number of benzene rings is 2. The first kappa shape index (κ1) is 27.1. The number of halogens is 3. The fraction of sp³-hybridized carbons (Fsp3) is 0.556. The first-order chi connectivity index (χ1) is 17.2. The van der Waals surface area contributed by atoms with Gasteiger partial charge in [-0.15, -0.1) is 12.6 Å². The summed E-state index contributed by atoms with van der Waals surface area (Å²) in [4.78, 5) is 4.47. The standard InChI is InChI=1S/C27H36F3N3O2S/c1-35-24-7-5-19(6-8-24)20-9-13-32(14-10-20)18-25(34)21-11-15-33(16-12-21)26(36)31-23-4-2-3-22(17-23)27(28,29)30/h2-8,17,20-21,25-26,31,34,36H,9-16,18H2,1H3. The van der Waals surface area contributed by atoms with Gasteiger partial charge in [0.1, 0.15) is 11.2 Å². The molecule has 0 amide bonds. The van der Waals surface area contributed by atoms with Crippen LogP contribution in [0.4, 0.5) is 18.9 Å². The Hall–Kier alpha value is -1.94. The van der Waals surface area contributed by atoms with Gasteiger partial charge in [-0.05, 0) is 86.5 Å². The number of rotatable bonds is 8. The van der Waals surface area contributed by atoms with Gasteiger partial charge in [0.05, 0.1) is 18.8 Å². The van der Waals surface area contributed by atoms with Gasteiger partial charge in [-0.1, -0.05) is 18.2 Å². The molecule has 2 aromatic carbocycles. The molecule has 0 aromatic heterocycles. The predicted molar refractivity (Wildman–Crippen MR) is 140 cm³/mol. The molecular formula is C27H36F3N3O2S. The Labute approximate surface area is 217 Å². The fourth-order valence-electron chi connectivity index (χ4n) is 5.31. The SMILES string of the molecule is COc1ccc(C2CCN(CC(O)C3CCN(C(S)Nc4cccc(C(F)(F)F)c4)CC3)CC2)cc1. The number of aliphatic hydroxyl groups is 1. The molecule has 0 bridgehead atoms. The van der Waals surface area contributed by atoms with Crippen LogP contribution in [0.1, 0.15) is 42.7 Å². The largest absolute Gasteiger partial charge is 0.497 e. The number of hydrogen-bond donors (Lipinski definition) is 3. The number of thiol groups is 1. The number of nitrogens with one attached hydrogen (secondary N) is 1. The van der Waals surface area contributed by atoms with E-state index in [1.54, 1.807) is 13.2 Å². The summed E-state index contributed by atoms with van der Waals surface area (Å²) in [6, 6.07) is 13.5. The summed E-state index contributed by atoms with van der Waals surface area (Å²) < 4.78 is 44.2. The maximum absolute atomic E-state index is 13.0. The van der Waals surface area contributed by atoms with Crippen LogP contribution in [0.5, 0.6) is 5.75 Å². The molecule has 2 saturated heterocycles. The fourth-order valence-corrected chi connectivity index (χ4v) is 5.69. The zero-order chi connectivity index (χ0) is 25.7. The topological polar surface area (TPSA) is 48.0 Å². The molecule has 2 atom stereocenters. The van der Waals surface area contributed by atoms with Gasteiger partial charge in [-0.25, -0.2) is 0 Å². The van der Waals surface area contributed by atoms with Crippen molar-refractivity contribution in [2.75, 3.05) is 45.2 Å². The quantitative estimate of drug-likeness (QED) is 0.324. The molecule has 5 nitrogen and oxygen atoms in total. The van der Waals surface area contributed by atoms with Crippen LogP contribution in [0.3, 0.4) is 0 Å². The molecule has 2 heterocycles. The minimum absolute atomic E-state index is 0.217. The van der Waals surface area contributed by atoms with E-state index < -0.39 is 11.7 Å². The average molecular weight is 524 g/mol. The molecule has 198 valence electrons. The summed E-state index contributed by atoms with van der Waals surface area (Å²) in [5, 5.41) is 14.0. The number of likely N-dealkylation sites (tertiary alicyclic amines) is 2. The summed E-state index contributed by atoms with van der Waals surface area (Å²) in [5.41, 5.74) is 0.680. The van der Waals surface area contributed by atoms with Crippen molar-refractivity contribution in [1.29, 1.82) is 0 Å². The monoisotopic (exact) mass is 523 g/mol. The van der Waals surface area contributed by atoms with E-state index in [0.717, 1.165) is 69.7 Å². The highest BCUT2D eigenvalue weighted by atomic mass is 32.1. The molecule has 4 rings (SSSR count). The van der Waals surface area contributed by atoms with Crippen molar-refractivity contribution in [1.82, 2.24) is 9.80 Å². The lowest BCUT2D eigenvalue weighted by Crippen LogP contribution is -2.47. The highest BCUT2D eigenvalue weighted by molar-refractivity contribution is 7.81. The second kappa shape index (κ2) is 12.1. The van der Waals surface area contributed by atoms with E-state index >= 15 is 0 Å². The summed E-state index contributed by atoms with van der Waals surface area (Å²) in [6.45, 7) is 4.12. The van der Waals surface area contributed by atoms with Gasteiger partial charge < -0.3 is 20.1 Å². The third-order valence-corrected chi connectivity index (χ3v) is 8.03. The van der Waals surface area contributed by atoms with Gasteiger partial charge in [-0.2, -0.15) is 13.2 Å². The molecule has 2 aliphatic heterocycles. The van der Waals surface area contributed by atoms with Gasteiger partial charge in [0, 0.05) is 25.3 Å². The maximum Gasteiger partial charge on any atom is 0.416 e. The van der Waals surface area contributed by atoms with Crippen molar-refractivity contribution in [2.24, 2.45) is 5.92 Å². The van der Waals surface area contributed by atoms with Gasteiger partial charge in [0.2, 0.25) is 0 Å². The third-order valence-electron chi connectivity index (χ3n) is 7.57. The van der Waals surface area contributed by atoms with E-state index in [0.29, 0.717) is 18.2 Å². The van der Waals surface area contributed by atoms with Crippen LogP contribution in [0, 0.1) is 5.92 Å². The first-order valence-corrected chi connectivity index (χ1v) is 13.1. The van der Waals surface area contributed by atoms with Crippen molar-refractivity contribution in [3.05, 3.63) is 59.7 Å². The summed E-state index contributed by atoms with van der Waals surface area (Å²) >= 11 is 4.58. The zero-order valence-corrected chi connectivity index (χ0v) is 21.5. The Kier molecular flexibility index (Phi) is 9.09. The van der Waals surface area contributed by atoms with E-state index in [4.69, 9.17) is 4.74 Å². The number of nitrogens with zero attached hydrogens (tertiary/aromatic N) is 2. The Morgan fingerprint density at radius 1 is 1.03 bits per heavy atom. The molecule has 0 radical (unpaired) electrons. The average Bonchev–Trinajstić information content (AvgIpc) is 2.89. The molecule has 2 fully saturated rings. The summed E-state index contributed by atoms with van der Waals surface area (Å²) in [7, 11) is 1.68. The summed E-state index contributed by atoms with van der Waals surface area (Å²) in [5.74, 6) is 1.64. The Morgan fingerprint density at radius 2 is 1.69 bits per heavy atom. The second-order valence-electron chi connectivity index (χ2n) is 9.89. The molecule has 2 unspecified atom stereocenters. The molecule has 2 aromatic rings. The Balaban J connectivity index is 1.19. The molecule has 9 heteroatoms. The number of aliphatic hydroxyl groups excluding tert-OH is 1. The Bertz CT molecular complexity index is 959.